The van der Waals surface area contributed by atoms with Crippen molar-refractivity contribution in [3.63, 3.8) is 0 Å². The van der Waals surface area contributed by atoms with Crippen LogP contribution < -0.4 is 0 Å². The Bertz CT molecular complexity index is 161. The lowest BCUT2D eigenvalue weighted by Crippen LogP contribution is -2.44. The van der Waals surface area contributed by atoms with Gasteiger partial charge in [-0.1, -0.05) is 13.8 Å². The Morgan fingerprint density at radius 3 is 1.93 bits per heavy atom. The van der Waals surface area contributed by atoms with E-state index in [4.69, 9.17) is 8.85 Å². The van der Waals surface area contributed by atoms with Crippen LogP contribution in [0.1, 0.15) is 40.5 Å². The quantitative estimate of drug-likeness (QED) is 0.608. The van der Waals surface area contributed by atoms with Gasteiger partial charge in [0.1, 0.15) is 0 Å². The highest BCUT2D eigenvalue weighted by molar-refractivity contribution is 6.69. The molecule has 0 saturated heterocycles. The minimum absolute atomic E-state index is 0.695. The second-order valence-corrected chi connectivity index (χ2v) is 7.98. The molecule has 0 heterocycles. The topological polar surface area (TPSA) is 18.5 Å². The number of hydrogen-bond donors (Lipinski definition) is 0. The van der Waals surface area contributed by atoms with Gasteiger partial charge in [-0.15, -0.1) is 0 Å². The molecular formula is C11H24O2Si. The summed E-state index contributed by atoms with van der Waals surface area (Å²) in [5.41, 5.74) is 0.782. The lowest BCUT2D eigenvalue weighted by atomic mass is 10.3. The fourth-order valence-corrected chi connectivity index (χ4v) is 6.43. The predicted molar refractivity (Wildman–Crippen MR) is 61.6 cm³/mol. The highest BCUT2D eigenvalue weighted by Gasteiger charge is 2.51. The van der Waals surface area contributed by atoms with Crippen molar-refractivity contribution in [2.24, 2.45) is 5.92 Å². The Balaban J connectivity index is 2.61. The van der Waals surface area contributed by atoms with E-state index >= 15 is 0 Å². The Morgan fingerprint density at radius 2 is 1.64 bits per heavy atom. The van der Waals surface area contributed by atoms with Crippen molar-refractivity contribution < 1.29 is 8.85 Å². The second kappa shape index (κ2) is 5.28. The van der Waals surface area contributed by atoms with Crippen LogP contribution in [0.2, 0.25) is 11.6 Å². The summed E-state index contributed by atoms with van der Waals surface area (Å²) in [6.07, 6.45) is 2.66. The first kappa shape index (κ1) is 12.2. The maximum absolute atomic E-state index is 6.02. The Kier molecular flexibility index (Phi) is 4.61. The molecule has 3 heteroatoms. The zero-order valence-electron chi connectivity index (χ0n) is 10.0. The summed E-state index contributed by atoms with van der Waals surface area (Å²) in [5, 5.41) is 0. The Labute approximate surface area is 89.2 Å². The molecular weight excluding hydrogens is 192 g/mol. The van der Waals surface area contributed by atoms with Gasteiger partial charge in [-0.3, -0.25) is 0 Å². The third-order valence-electron chi connectivity index (χ3n) is 2.67. The summed E-state index contributed by atoms with van der Waals surface area (Å²) in [6.45, 7) is 10.3. The SMILES string of the molecule is CCO[Si](CC(C)C)(OCC)C1CC1. The fraction of sp³-hybridized carbons (Fsp3) is 1.00. The van der Waals surface area contributed by atoms with E-state index in [0.717, 1.165) is 18.8 Å². The molecule has 84 valence electrons. The van der Waals surface area contributed by atoms with E-state index in [1.54, 1.807) is 0 Å². The minimum Gasteiger partial charge on any atom is -0.394 e. The first-order valence-corrected chi connectivity index (χ1v) is 8.02. The van der Waals surface area contributed by atoms with Crippen LogP contribution in [0.25, 0.3) is 0 Å². The van der Waals surface area contributed by atoms with Crippen molar-refractivity contribution >= 4 is 8.56 Å². The molecule has 0 radical (unpaired) electrons. The maximum atomic E-state index is 6.02. The Hall–Kier alpha value is 0.137. The summed E-state index contributed by atoms with van der Waals surface area (Å²) in [4.78, 5) is 0. The van der Waals surface area contributed by atoms with Crippen LogP contribution in [0.3, 0.4) is 0 Å². The van der Waals surface area contributed by atoms with E-state index < -0.39 is 8.56 Å². The van der Waals surface area contributed by atoms with E-state index in [0.29, 0.717) is 5.92 Å². The normalized spacial score (nSPS) is 17.8. The van der Waals surface area contributed by atoms with Crippen molar-refractivity contribution in [2.45, 2.75) is 52.1 Å². The van der Waals surface area contributed by atoms with Gasteiger partial charge >= 0.3 is 8.56 Å². The maximum Gasteiger partial charge on any atom is 0.341 e. The van der Waals surface area contributed by atoms with E-state index in [1.165, 1.54) is 18.9 Å². The zero-order valence-corrected chi connectivity index (χ0v) is 11.0. The van der Waals surface area contributed by atoms with Gasteiger partial charge in [0, 0.05) is 18.8 Å². The number of hydrogen-bond acceptors (Lipinski definition) is 2. The van der Waals surface area contributed by atoms with Crippen molar-refractivity contribution in [3.8, 4) is 0 Å². The molecule has 0 aromatic rings. The standard InChI is InChI=1S/C11H24O2Si/c1-5-12-14(13-6-2,9-10(3)4)11-7-8-11/h10-11H,5-9H2,1-4H3. The molecule has 1 aliphatic carbocycles. The van der Waals surface area contributed by atoms with Crippen LogP contribution in [0.15, 0.2) is 0 Å². The molecule has 1 rings (SSSR count). The summed E-state index contributed by atoms with van der Waals surface area (Å²) in [6, 6.07) is 1.17. The van der Waals surface area contributed by atoms with Gasteiger partial charge in [-0.25, -0.2) is 0 Å². The molecule has 0 N–H and O–H groups in total. The van der Waals surface area contributed by atoms with Gasteiger partial charge in [0.25, 0.3) is 0 Å². The van der Waals surface area contributed by atoms with Crippen LogP contribution in [0.4, 0.5) is 0 Å². The zero-order chi connectivity index (χ0) is 10.6. The minimum atomic E-state index is -1.82. The molecule has 0 spiro atoms. The van der Waals surface area contributed by atoms with Crippen LogP contribution in [0, 0.1) is 5.92 Å². The highest BCUT2D eigenvalue weighted by atomic mass is 28.4. The number of rotatable bonds is 7. The monoisotopic (exact) mass is 216 g/mol. The van der Waals surface area contributed by atoms with Gasteiger partial charge < -0.3 is 8.85 Å². The third-order valence-corrected chi connectivity index (χ3v) is 7.43. The average molecular weight is 216 g/mol. The smallest absolute Gasteiger partial charge is 0.341 e. The summed E-state index contributed by atoms with van der Waals surface area (Å²) >= 11 is 0. The molecule has 2 nitrogen and oxygen atoms in total. The van der Waals surface area contributed by atoms with E-state index in [1.807, 2.05) is 0 Å². The van der Waals surface area contributed by atoms with Crippen LogP contribution in [-0.2, 0) is 8.85 Å². The van der Waals surface area contributed by atoms with Gasteiger partial charge in [0.2, 0.25) is 0 Å². The van der Waals surface area contributed by atoms with Crippen LogP contribution >= 0.6 is 0 Å². The molecule has 1 aliphatic rings. The summed E-state index contributed by atoms with van der Waals surface area (Å²) < 4.78 is 12.0. The summed E-state index contributed by atoms with van der Waals surface area (Å²) in [7, 11) is -1.82. The van der Waals surface area contributed by atoms with Crippen LogP contribution in [-0.4, -0.2) is 21.8 Å². The molecule has 0 aromatic carbocycles. The van der Waals surface area contributed by atoms with E-state index in [2.05, 4.69) is 27.7 Å². The van der Waals surface area contributed by atoms with Crippen molar-refractivity contribution in [1.29, 1.82) is 0 Å². The van der Waals surface area contributed by atoms with Crippen molar-refractivity contribution in [3.05, 3.63) is 0 Å². The van der Waals surface area contributed by atoms with Gasteiger partial charge in [0.05, 0.1) is 0 Å². The summed E-state index contributed by atoms with van der Waals surface area (Å²) in [5.74, 6) is 0.695. The van der Waals surface area contributed by atoms with Gasteiger partial charge in [0.15, 0.2) is 0 Å². The van der Waals surface area contributed by atoms with E-state index in [9.17, 15) is 0 Å². The average Bonchev–Trinajstić information content (AvgIpc) is 2.85. The second-order valence-electron chi connectivity index (χ2n) is 4.55. The Morgan fingerprint density at radius 1 is 1.14 bits per heavy atom. The van der Waals surface area contributed by atoms with Gasteiger partial charge in [-0.05, 0) is 38.7 Å². The lowest BCUT2D eigenvalue weighted by Gasteiger charge is -2.31. The first-order valence-electron chi connectivity index (χ1n) is 5.92. The predicted octanol–water partition coefficient (Wildman–Crippen LogP) is 3.32. The largest absolute Gasteiger partial charge is 0.394 e. The fourth-order valence-electron chi connectivity index (χ4n) is 2.14. The third kappa shape index (κ3) is 3.07. The lowest BCUT2D eigenvalue weighted by molar-refractivity contribution is 0.176. The van der Waals surface area contributed by atoms with E-state index in [-0.39, 0.29) is 0 Å². The molecule has 1 fully saturated rings. The molecule has 14 heavy (non-hydrogen) atoms. The molecule has 0 atom stereocenters. The molecule has 0 amide bonds. The molecule has 0 aliphatic heterocycles. The van der Waals surface area contributed by atoms with Crippen molar-refractivity contribution in [1.82, 2.24) is 0 Å². The van der Waals surface area contributed by atoms with Gasteiger partial charge in [-0.2, -0.15) is 0 Å². The molecule has 0 aromatic heterocycles. The van der Waals surface area contributed by atoms with Crippen molar-refractivity contribution in [2.75, 3.05) is 13.2 Å². The van der Waals surface area contributed by atoms with Crippen LogP contribution in [0.5, 0.6) is 0 Å². The molecule has 0 unspecified atom stereocenters. The molecule has 0 bridgehead atoms. The first-order chi connectivity index (χ1) is 6.64. The molecule has 1 saturated carbocycles. The highest BCUT2D eigenvalue weighted by Crippen LogP contribution is 2.49.